The van der Waals surface area contributed by atoms with Gasteiger partial charge in [-0.1, -0.05) is 46.8 Å². The Morgan fingerprint density at radius 1 is 0.974 bits per heavy atom. The Labute approximate surface area is 236 Å². The highest BCUT2D eigenvalue weighted by Crippen LogP contribution is 2.77. The summed E-state index contributed by atoms with van der Waals surface area (Å²) in [5.41, 5.74) is 2.63. The Morgan fingerprint density at radius 2 is 1.74 bits per heavy atom. The van der Waals surface area contributed by atoms with Crippen LogP contribution in [0, 0.1) is 56.7 Å². The number of aliphatic hydroxyl groups excluding tert-OH is 3. The van der Waals surface area contributed by atoms with E-state index >= 15 is 0 Å². The average Bonchev–Trinajstić information content (AvgIpc) is 3.29. The van der Waals surface area contributed by atoms with E-state index in [4.69, 9.17) is 0 Å². The molecule has 4 nitrogen and oxygen atoms in total. The van der Waals surface area contributed by atoms with Gasteiger partial charge in [0.1, 0.15) is 0 Å². The number of fused-ring (bicyclic) bond motifs is 7. The average molecular weight is 536 g/mol. The summed E-state index contributed by atoms with van der Waals surface area (Å²) in [4.78, 5) is 4.34. The van der Waals surface area contributed by atoms with Crippen molar-refractivity contribution in [1.82, 2.24) is 4.98 Å². The predicted octanol–water partition coefficient (Wildman–Crippen LogP) is 6.89. The standard InChI is InChI=1S/C35H53NO3/c1-22(38)25-11-14-35(21-37)16-15-33(5)26(29(25)35)9-10-28-32(4)19-24(18-23-8-7-17-36-20-23)30(39)31(2,3)27(32)12-13-34(28,33)6/h7-8,17-18,20,22,25-30,37-39H,9-16,19,21H2,1-6H3/b24-18-/t22-,25+,26-,27+,28-,29-,30+,32+,33-,34-,35-/m1/s1. The van der Waals surface area contributed by atoms with Crippen molar-refractivity contribution in [3.8, 4) is 0 Å². The van der Waals surface area contributed by atoms with Crippen molar-refractivity contribution in [2.75, 3.05) is 6.61 Å². The number of hydrogen-bond donors (Lipinski definition) is 3. The monoisotopic (exact) mass is 535 g/mol. The Kier molecular flexibility index (Phi) is 6.54. The van der Waals surface area contributed by atoms with Gasteiger partial charge in [-0.25, -0.2) is 0 Å². The molecule has 1 heterocycles. The summed E-state index contributed by atoms with van der Waals surface area (Å²) in [6.07, 6.45) is 15.4. The van der Waals surface area contributed by atoms with Gasteiger partial charge in [-0.15, -0.1) is 0 Å². The predicted molar refractivity (Wildman–Crippen MR) is 157 cm³/mol. The van der Waals surface area contributed by atoms with E-state index in [1.165, 1.54) is 37.7 Å². The first kappa shape index (κ1) is 27.9. The molecule has 1 aromatic heterocycles. The molecule has 0 saturated heterocycles. The molecule has 0 amide bonds. The quantitative estimate of drug-likeness (QED) is 0.394. The van der Waals surface area contributed by atoms with Gasteiger partial charge in [0.05, 0.1) is 12.2 Å². The molecule has 5 saturated carbocycles. The normalized spacial score (nSPS) is 50.4. The summed E-state index contributed by atoms with van der Waals surface area (Å²) >= 11 is 0. The molecule has 5 aliphatic rings. The summed E-state index contributed by atoms with van der Waals surface area (Å²) < 4.78 is 0. The molecule has 5 fully saturated rings. The molecule has 0 radical (unpaired) electrons. The van der Waals surface area contributed by atoms with E-state index in [2.05, 4.69) is 51.7 Å². The summed E-state index contributed by atoms with van der Waals surface area (Å²) in [5.74, 6) is 2.39. The third-order valence-corrected chi connectivity index (χ3v) is 14.4. The molecule has 216 valence electrons. The number of pyridine rings is 1. The summed E-state index contributed by atoms with van der Waals surface area (Å²) in [6.45, 7) is 14.7. The molecule has 5 aliphatic carbocycles. The Bertz CT molecular complexity index is 1110. The number of nitrogens with zero attached hydrogens (tertiary/aromatic N) is 1. The van der Waals surface area contributed by atoms with Gasteiger partial charge in [0.25, 0.3) is 0 Å². The van der Waals surface area contributed by atoms with Crippen LogP contribution in [0.4, 0.5) is 0 Å². The van der Waals surface area contributed by atoms with E-state index in [1.54, 1.807) is 0 Å². The zero-order chi connectivity index (χ0) is 28.0. The lowest BCUT2D eigenvalue weighted by molar-refractivity contribution is -0.244. The van der Waals surface area contributed by atoms with E-state index in [1.807, 2.05) is 25.4 Å². The lowest BCUT2D eigenvalue weighted by Gasteiger charge is -2.73. The highest BCUT2D eigenvalue weighted by Gasteiger charge is 2.71. The van der Waals surface area contributed by atoms with Gasteiger partial charge < -0.3 is 15.3 Å². The minimum atomic E-state index is -0.433. The first-order chi connectivity index (χ1) is 18.3. The smallest absolute Gasteiger partial charge is 0.0807 e. The Morgan fingerprint density at radius 3 is 2.41 bits per heavy atom. The maximum atomic E-state index is 11.7. The van der Waals surface area contributed by atoms with Crippen molar-refractivity contribution in [3.05, 3.63) is 35.7 Å². The van der Waals surface area contributed by atoms with Gasteiger partial charge in [0.15, 0.2) is 0 Å². The van der Waals surface area contributed by atoms with Gasteiger partial charge in [-0.2, -0.15) is 0 Å². The maximum absolute atomic E-state index is 11.7. The number of hydrogen-bond acceptors (Lipinski definition) is 4. The van der Waals surface area contributed by atoms with E-state index in [0.29, 0.717) is 29.6 Å². The molecule has 3 N–H and O–H groups in total. The third-order valence-electron chi connectivity index (χ3n) is 14.4. The Balaban J connectivity index is 1.40. The lowest BCUT2D eigenvalue weighted by Crippen LogP contribution is -2.67. The fraction of sp³-hybridized carbons (Fsp3) is 0.800. The largest absolute Gasteiger partial charge is 0.396 e. The van der Waals surface area contributed by atoms with Gasteiger partial charge >= 0.3 is 0 Å². The molecular formula is C35H53NO3. The number of aliphatic hydroxyl groups is 3. The van der Waals surface area contributed by atoms with Gasteiger partial charge in [-0.3, -0.25) is 4.98 Å². The van der Waals surface area contributed by atoms with Crippen molar-refractivity contribution in [1.29, 1.82) is 0 Å². The van der Waals surface area contributed by atoms with Gasteiger partial charge in [0, 0.05) is 19.0 Å². The van der Waals surface area contributed by atoms with Crippen LogP contribution >= 0.6 is 0 Å². The van der Waals surface area contributed by atoms with Crippen LogP contribution in [0.5, 0.6) is 0 Å². The molecule has 0 unspecified atom stereocenters. The molecule has 4 heteroatoms. The molecular weight excluding hydrogens is 482 g/mol. The highest BCUT2D eigenvalue weighted by molar-refractivity contribution is 5.54. The molecule has 1 aromatic rings. The summed E-state index contributed by atoms with van der Waals surface area (Å²) in [7, 11) is 0. The van der Waals surface area contributed by atoms with Crippen LogP contribution < -0.4 is 0 Å². The molecule has 0 spiro atoms. The van der Waals surface area contributed by atoms with Crippen LogP contribution in [0.1, 0.15) is 105 Å². The summed E-state index contributed by atoms with van der Waals surface area (Å²) in [5, 5.41) is 33.3. The van der Waals surface area contributed by atoms with Crippen LogP contribution in [-0.2, 0) is 0 Å². The lowest BCUT2D eigenvalue weighted by atomic mass is 9.32. The molecule has 0 bridgehead atoms. The molecule has 6 rings (SSSR count). The molecule has 0 aliphatic heterocycles. The van der Waals surface area contributed by atoms with Crippen LogP contribution in [0.2, 0.25) is 0 Å². The fourth-order valence-corrected chi connectivity index (χ4v) is 12.4. The first-order valence-electron chi connectivity index (χ1n) is 15.9. The maximum Gasteiger partial charge on any atom is 0.0807 e. The minimum absolute atomic E-state index is 0.00665. The minimum Gasteiger partial charge on any atom is -0.396 e. The zero-order valence-corrected chi connectivity index (χ0v) is 25.3. The Hall–Kier alpha value is -1.23. The number of rotatable bonds is 3. The SMILES string of the molecule is C[C@@H](O)[C@@H]1CC[C@]2(CO)CC[C@]3(C)[C@H](CC[C@@H]4[C@@]5(C)C/C(=C/c6cccnc6)[C@H](O)C(C)(C)[C@@H]5CC[C@]43C)[C@@H]12. The van der Waals surface area contributed by atoms with Gasteiger partial charge in [0.2, 0.25) is 0 Å². The second-order valence-electron chi connectivity index (χ2n) is 16.1. The molecule has 11 atom stereocenters. The number of aromatic nitrogens is 1. The second kappa shape index (κ2) is 9.13. The topological polar surface area (TPSA) is 73.6 Å². The van der Waals surface area contributed by atoms with Crippen LogP contribution in [0.25, 0.3) is 6.08 Å². The van der Waals surface area contributed by atoms with E-state index in [9.17, 15) is 15.3 Å². The van der Waals surface area contributed by atoms with E-state index in [-0.39, 0.29) is 39.8 Å². The third kappa shape index (κ3) is 3.69. The zero-order valence-electron chi connectivity index (χ0n) is 25.3. The fourth-order valence-electron chi connectivity index (χ4n) is 12.4. The van der Waals surface area contributed by atoms with Crippen molar-refractivity contribution in [2.24, 2.45) is 56.7 Å². The second-order valence-corrected chi connectivity index (χ2v) is 16.1. The highest BCUT2D eigenvalue weighted by atomic mass is 16.3. The van der Waals surface area contributed by atoms with E-state index < -0.39 is 6.10 Å². The summed E-state index contributed by atoms with van der Waals surface area (Å²) in [6, 6.07) is 4.08. The van der Waals surface area contributed by atoms with Crippen LogP contribution in [0.15, 0.2) is 30.1 Å². The van der Waals surface area contributed by atoms with Crippen molar-refractivity contribution in [2.45, 2.75) is 112 Å². The van der Waals surface area contributed by atoms with Crippen molar-refractivity contribution >= 4 is 6.08 Å². The van der Waals surface area contributed by atoms with Crippen LogP contribution in [0.3, 0.4) is 0 Å². The van der Waals surface area contributed by atoms with Crippen molar-refractivity contribution < 1.29 is 15.3 Å². The molecule has 0 aromatic carbocycles. The van der Waals surface area contributed by atoms with Crippen LogP contribution in [-0.4, -0.2) is 39.1 Å². The van der Waals surface area contributed by atoms with Gasteiger partial charge in [-0.05, 0) is 139 Å². The molecule has 39 heavy (non-hydrogen) atoms. The van der Waals surface area contributed by atoms with Crippen molar-refractivity contribution in [3.63, 3.8) is 0 Å². The van der Waals surface area contributed by atoms with E-state index in [0.717, 1.165) is 31.2 Å². The first-order valence-corrected chi connectivity index (χ1v) is 15.9.